The smallest absolute Gasteiger partial charge is 0.326 e. The van der Waals surface area contributed by atoms with Crippen molar-refractivity contribution in [3.63, 3.8) is 0 Å². The molecule has 1 aliphatic carbocycles. The van der Waals surface area contributed by atoms with Gasteiger partial charge in [-0.3, -0.25) is 9.69 Å². The summed E-state index contributed by atoms with van der Waals surface area (Å²) in [4.78, 5) is 13.6. The van der Waals surface area contributed by atoms with Crippen LogP contribution in [0.5, 0.6) is 0 Å². The Morgan fingerprint density at radius 2 is 2.00 bits per heavy atom. The molecule has 1 aliphatic heterocycles. The number of hydrogen-bond donors (Lipinski definition) is 0. The van der Waals surface area contributed by atoms with E-state index in [-0.39, 0.29) is 11.5 Å². The molecule has 1 heterocycles. The number of alkyl halides is 1. The van der Waals surface area contributed by atoms with Gasteiger partial charge < -0.3 is 4.74 Å². The fourth-order valence-corrected chi connectivity index (χ4v) is 2.23. The van der Waals surface area contributed by atoms with Crippen molar-refractivity contribution in [2.24, 2.45) is 0 Å². The average Bonchev–Trinajstić information content (AvgIpc) is 2.99. The number of rotatable bonds is 2. The summed E-state index contributed by atoms with van der Waals surface area (Å²) in [6, 6.07) is 0. The summed E-state index contributed by atoms with van der Waals surface area (Å²) >= 11 is 0. The molecule has 0 aromatic carbocycles. The Balaban J connectivity index is 1.98. The Kier molecular flexibility index (Phi) is 2.47. The second kappa shape index (κ2) is 3.50. The van der Waals surface area contributed by atoms with Crippen LogP contribution in [0.3, 0.4) is 0 Å². The van der Waals surface area contributed by atoms with E-state index in [1.54, 1.807) is 0 Å². The van der Waals surface area contributed by atoms with Crippen molar-refractivity contribution in [1.29, 1.82) is 0 Å². The highest BCUT2D eigenvalue weighted by molar-refractivity contribution is 5.84. The molecule has 0 radical (unpaired) electrons. The van der Waals surface area contributed by atoms with E-state index in [1.807, 2.05) is 0 Å². The number of carbonyl (C=O) groups is 1. The normalized spacial score (nSPS) is 27.3. The lowest BCUT2D eigenvalue weighted by atomic mass is 10.1. The first kappa shape index (κ1) is 9.90. The number of ether oxygens (including phenoxy) is 1. The Labute approximate surface area is 83.2 Å². The molecule has 2 rings (SSSR count). The van der Waals surface area contributed by atoms with Gasteiger partial charge in [0.05, 0.1) is 7.11 Å². The first-order chi connectivity index (χ1) is 6.69. The van der Waals surface area contributed by atoms with Gasteiger partial charge in [-0.2, -0.15) is 0 Å². The van der Waals surface area contributed by atoms with E-state index in [0.29, 0.717) is 25.9 Å². The van der Waals surface area contributed by atoms with E-state index in [9.17, 15) is 9.18 Å². The van der Waals surface area contributed by atoms with Gasteiger partial charge in [-0.25, -0.2) is 4.39 Å². The van der Waals surface area contributed by atoms with Crippen molar-refractivity contribution in [1.82, 2.24) is 4.90 Å². The van der Waals surface area contributed by atoms with Gasteiger partial charge in [0, 0.05) is 13.1 Å². The molecule has 2 fully saturated rings. The standard InChI is InChI=1S/C10H16FNO2/c1-14-9(13)10(4-5-10)12-6-2-8(11)3-7-12/h8H,2-7H2,1H3. The zero-order chi connectivity index (χ0) is 10.2. The molecule has 0 unspecified atom stereocenters. The molecular formula is C10H16FNO2. The van der Waals surface area contributed by atoms with Gasteiger partial charge in [0.25, 0.3) is 0 Å². The topological polar surface area (TPSA) is 29.5 Å². The minimum Gasteiger partial charge on any atom is -0.468 e. The van der Waals surface area contributed by atoms with Gasteiger partial charge in [0.2, 0.25) is 0 Å². The maximum absolute atomic E-state index is 12.9. The van der Waals surface area contributed by atoms with Crippen molar-refractivity contribution >= 4 is 5.97 Å². The Hall–Kier alpha value is -0.640. The first-order valence-electron chi connectivity index (χ1n) is 5.16. The third kappa shape index (κ3) is 1.52. The van der Waals surface area contributed by atoms with Crippen molar-refractivity contribution in [2.45, 2.75) is 37.4 Å². The second-order valence-electron chi connectivity index (χ2n) is 4.18. The lowest BCUT2D eigenvalue weighted by Crippen LogP contribution is -2.48. The largest absolute Gasteiger partial charge is 0.468 e. The Bertz CT molecular complexity index is 232. The minimum atomic E-state index is -0.681. The average molecular weight is 201 g/mol. The molecule has 0 atom stereocenters. The summed E-state index contributed by atoms with van der Waals surface area (Å²) in [5.74, 6) is -0.144. The number of nitrogens with zero attached hydrogens (tertiary/aromatic N) is 1. The summed E-state index contributed by atoms with van der Waals surface area (Å²) < 4.78 is 17.7. The second-order valence-corrected chi connectivity index (χ2v) is 4.18. The van der Waals surface area contributed by atoms with Crippen LogP contribution in [0.15, 0.2) is 0 Å². The third-order valence-electron chi connectivity index (χ3n) is 3.32. The van der Waals surface area contributed by atoms with Crippen LogP contribution in [-0.4, -0.2) is 42.8 Å². The fourth-order valence-electron chi connectivity index (χ4n) is 2.23. The van der Waals surface area contributed by atoms with Gasteiger partial charge in [-0.1, -0.05) is 0 Å². The molecule has 0 spiro atoms. The van der Waals surface area contributed by atoms with Gasteiger partial charge in [-0.15, -0.1) is 0 Å². The van der Waals surface area contributed by atoms with E-state index < -0.39 is 6.17 Å². The number of esters is 1. The lowest BCUT2D eigenvalue weighted by Gasteiger charge is -2.34. The quantitative estimate of drug-likeness (QED) is 0.627. The van der Waals surface area contributed by atoms with Crippen LogP contribution >= 0.6 is 0 Å². The highest BCUT2D eigenvalue weighted by Gasteiger charge is 2.56. The van der Waals surface area contributed by atoms with E-state index >= 15 is 0 Å². The molecular weight excluding hydrogens is 185 g/mol. The number of hydrogen-bond acceptors (Lipinski definition) is 3. The maximum Gasteiger partial charge on any atom is 0.326 e. The predicted octanol–water partition coefficient (Wildman–Crippen LogP) is 1.13. The molecule has 80 valence electrons. The number of carbonyl (C=O) groups excluding carboxylic acids is 1. The van der Waals surface area contributed by atoms with Gasteiger partial charge >= 0.3 is 5.97 Å². The number of methoxy groups -OCH3 is 1. The van der Waals surface area contributed by atoms with Crippen LogP contribution in [-0.2, 0) is 9.53 Å². The monoisotopic (exact) mass is 201 g/mol. The molecule has 4 heteroatoms. The fraction of sp³-hybridized carbons (Fsp3) is 0.900. The maximum atomic E-state index is 12.9. The van der Waals surface area contributed by atoms with Crippen LogP contribution in [0.4, 0.5) is 4.39 Å². The van der Waals surface area contributed by atoms with Crippen LogP contribution in [0, 0.1) is 0 Å². The molecule has 0 amide bonds. The molecule has 14 heavy (non-hydrogen) atoms. The van der Waals surface area contributed by atoms with E-state index in [2.05, 4.69) is 4.90 Å². The lowest BCUT2D eigenvalue weighted by molar-refractivity contribution is -0.149. The molecule has 0 aromatic heterocycles. The van der Waals surface area contributed by atoms with Crippen LogP contribution in [0.1, 0.15) is 25.7 Å². The molecule has 0 N–H and O–H groups in total. The summed E-state index contributed by atoms with van der Waals surface area (Å²) in [5.41, 5.74) is -0.380. The van der Waals surface area contributed by atoms with Crippen molar-refractivity contribution in [3.05, 3.63) is 0 Å². The number of piperidine rings is 1. The van der Waals surface area contributed by atoms with Crippen molar-refractivity contribution in [3.8, 4) is 0 Å². The van der Waals surface area contributed by atoms with Gasteiger partial charge in [-0.05, 0) is 25.7 Å². The van der Waals surface area contributed by atoms with Crippen LogP contribution in [0.25, 0.3) is 0 Å². The van der Waals surface area contributed by atoms with Gasteiger partial charge in [0.15, 0.2) is 0 Å². The minimum absolute atomic E-state index is 0.144. The van der Waals surface area contributed by atoms with Crippen molar-refractivity contribution < 1.29 is 13.9 Å². The van der Waals surface area contributed by atoms with Crippen LogP contribution < -0.4 is 0 Å². The SMILES string of the molecule is COC(=O)C1(N2CCC(F)CC2)CC1. The Morgan fingerprint density at radius 3 is 2.43 bits per heavy atom. The molecule has 3 nitrogen and oxygen atoms in total. The molecule has 0 bridgehead atoms. The summed E-state index contributed by atoms with van der Waals surface area (Å²) in [5, 5.41) is 0. The molecule has 0 aromatic rings. The third-order valence-corrected chi connectivity index (χ3v) is 3.32. The zero-order valence-electron chi connectivity index (χ0n) is 8.46. The highest BCUT2D eigenvalue weighted by atomic mass is 19.1. The summed E-state index contributed by atoms with van der Waals surface area (Å²) in [7, 11) is 1.42. The Morgan fingerprint density at radius 1 is 1.43 bits per heavy atom. The van der Waals surface area contributed by atoms with E-state index in [0.717, 1.165) is 12.8 Å². The zero-order valence-corrected chi connectivity index (χ0v) is 8.46. The molecule has 1 saturated heterocycles. The van der Waals surface area contributed by atoms with Gasteiger partial charge in [0.1, 0.15) is 11.7 Å². The van der Waals surface area contributed by atoms with E-state index in [4.69, 9.17) is 4.74 Å². The first-order valence-corrected chi connectivity index (χ1v) is 5.16. The predicted molar refractivity (Wildman–Crippen MR) is 49.7 cm³/mol. The molecule has 1 saturated carbocycles. The molecule has 2 aliphatic rings. The number of halogens is 1. The highest BCUT2D eigenvalue weighted by Crippen LogP contribution is 2.44. The summed E-state index contributed by atoms with van der Waals surface area (Å²) in [6.07, 6.45) is 2.17. The van der Waals surface area contributed by atoms with Crippen LogP contribution in [0.2, 0.25) is 0 Å². The van der Waals surface area contributed by atoms with E-state index in [1.165, 1.54) is 7.11 Å². The van der Waals surface area contributed by atoms with Crippen molar-refractivity contribution in [2.75, 3.05) is 20.2 Å². The summed E-state index contributed by atoms with van der Waals surface area (Å²) in [6.45, 7) is 1.38. The number of likely N-dealkylation sites (tertiary alicyclic amines) is 1.